The number of nitrogens with one attached hydrogen (secondary N) is 1. The van der Waals surface area contributed by atoms with Crippen LogP contribution in [0, 0.1) is 5.92 Å². The third-order valence-electron chi connectivity index (χ3n) is 2.07. The van der Waals surface area contributed by atoms with Crippen molar-refractivity contribution >= 4 is 12.2 Å². The van der Waals surface area contributed by atoms with Crippen LogP contribution in [0.3, 0.4) is 0 Å². The van der Waals surface area contributed by atoms with Gasteiger partial charge in [0.25, 0.3) is 0 Å². The highest BCUT2D eigenvalue weighted by molar-refractivity contribution is 5.79. The van der Waals surface area contributed by atoms with Crippen LogP contribution in [0.4, 0.5) is 4.79 Å². The Morgan fingerprint density at radius 1 is 1.83 bits per heavy atom. The molecule has 1 atom stereocenters. The minimum atomic E-state index is -0.459. The highest BCUT2D eigenvalue weighted by Gasteiger charge is 2.30. The topological polar surface area (TPSA) is 70.7 Å². The number of nitrogens with two attached hydrogens (primary N) is 1. The highest BCUT2D eigenvalue weighted by atomic mass is 16.2. The summed E-state index contributed by atoms with van der Waals surface area (Å²) in [5.41, 5.74) is 8.98. The van der Waals surface area contributed by atoms with Crippen molar-refractivity contribution < 1.29 is 4.79 Å². The zero-order valence-electron chi connectivity index (χ0n) is 6.53. The van der Waals surface area contributed by atoms with Crippen molar-refractivity contribution in [2.24, 2.45) is 16.6 Å². The van der Waals surface area contributed by atoms with E-state index in [0.717, 1.165) is 18.8 Å². The lowest BCUT2D eigenvalue weighted by molar-refractivity contribution is 0.212. The molecule has 2 aliphatic rings. The van der Waals surface area contributed by atoms with Gasteiger partial charge in [0.1, 0.15) is 0 Å². The molecule has 0 aliphatic carbocycles. The van der Waals surface area contributed by atoms with Gasteiger partial charge in [0.2, 0.25) is 0 Å². The number of carbonyl (C=O) groups is 1. The van der Waals surface area contributed by atoms with Crippen LogP contribution >= 0.6 is 0 Å². The van der Waals surface area contributed by atoms with Gasteiger partial charge in [0.15, 0.2) is 0 Å². The zero-order chi connectivity index (χ0) is 8.55. The van der Waals surface area contributed by atoms with Gasteiger partial charge < -0.3 is 5.73 Å². The molecule has 2 amide bonds. The van der Waals surface area contributed by atoms with Crippen molar-refractivity contribution in [1.82, 2.24) is 10.4 Å². The van der Waals surface area contributed by atoms with Gasteiger partial charge in [0, 0.05) is 30.9 Å². The summed E-state index contributed by atoms with van der Waals surface area (Å²) in [6.07, 6.45) is 3.52. The van der Waals surface area contributed by atoms with Crippen LogP contribution in [0.1, 0.15) is 0 Å². The fourth-order valence-corrected chi connectivity index (χ4v) is 1.47. The van der Waals surface area contributed by atoms with Crippen LogP contribution in [0.5, 0.6) is 0 Å². The number of urea groups is 1. The van der Waals surface area contributed by atoms with E-state index in [2.05, 4.69) is 10.4 Å². The zero-order valence-corrected chi connectivity index (χ0v) is 6.53. The number of dihydropyridines is 1. The molecular weight excluding hydrogens is 156 g/mol. The molecular formula is C7H10N4O. The maximum absolute atomic E-state index is 10.9. The first kappa shape index (κ1) is 7.30. The Balaban J connectivity index is 2.25. The van der Waals surface area contributed by atoms with Crippen LogP contribution in [0.2, 0.25) is 0 Å². The molecule has 0 spiro atoms. The molecule has 12 heavy (non-hydrogen) atoms. The van der Waals surface area contributed by atoms with Gasteiger partial charge in [-0.15, -0.1) is 0 Å². The van der Waals surface area contributed by atoms with Crippen LogP contribution in [0.15, 0.2) is 16.8 Å². The number of hydrogen-bond acceptors (Lipinski definition) is 3. The quantitative estimate of drug-likeness (QED) is 0.508. The van der Waals surface area contributed by atoms with E-state index in [-0.39, 0.29) is 0 Å². The lowest BCUT2D eigenvalue weighted by Gasteiger charge is -2.17. The molecule has 0 aromatic carbocycles. The van der Waals surface area contributed by atoms with Crippen molar-refractivity contribution in [2.45, 2.75) is 0 Å². The summed E-state index contributed by atoms with van der Waals surface area (Å²) >= 11 is 0. The molecule has 3 N–H and O–H groups in total. The van der Waals surface area contributed by atoms with Gasteiger partial charge in [-0.1, -0.05) is 0 Å². The van der Waals surface area contributed by atoms with Gasteiger partial charge in [-0.25, -0.2) is 15.2 Å². The molecule has 1 unspecified atom stereocenters. The number of primary amides is 1. The average Bonchev–Trinajstić information content (AvgIpc) is 2.47. The highest BCUT2D eigenvalue weighted by Crippen LogP contribution is 2.21. The largest absolute Gasteiger partial charge is 0.350 e. The number of amides is 2. The lowest BCUT2D eigenvalue weighted by Crippen LogP contribution is -2.39. The van der Waals surface area contributed by atoms with Crippen LogP contribution in [-0.4, -0.2) is 30.3 Å². The number of carbonyl (C=O) groups excluding carboxylic acids is 1. The minimum Gasteiger partial charge on any atom is -0.350 e. The van der Waals surface area contributed by atoms with Gasteiger partial charge in [0.05, 0.1) is 0 Å². The Morgan fingerprint density at radius 2 is 2.67 bits per heavy atom. The van der Waals surface area contributed by atoms with Crippen molar-refractivity contribution in [3.63, 3.8) is 0 Å². The fourth-order valence-electron chi connectivity index (χ4n) is 1.47. The number of hydrazine groups is 1. The van der Waals surface area contributed by atoms with Crippen LogP contribution < -0.4 is 11.2 Å². The van der Waals surface area contributed by atoms with E-state index >= 15 is 0 Å². The third kappa shape index (κ3) is 0.984. The number of nitrogens with zero attached hydrogens (tertiary/aromatic N) is 2. The summed E-state index contributed by atoms with van der Waals surface area (Å²) in [7, 11) is 0. The number of rotatable bonds is 0. The smallest absolute Gasteiger partial charge is 0.333 e. The molecule has 0 aromatic rings. The molecule has 0 bridgehead atoms. The maximum Gasteiger partial charge on any atom is 0.333 e. The van der Waals surface area contributed by atoms with Gasteiger partial charge in [-0.2, -0.15) is 0 Å². The number of fused-ring (bicyclic) bond motifs is 1. The summed E-state index contributed by atoms with van der Waals surface area (Å²) in [4.78, 5) is 15.0. The van der Waals surface area contributed by atoms with E-state index in [9.17, 15) is 4.79 Å². The predicted molar refractivity (Wildman–Crippen MR) is 44.4 cm³/mol. The molecule has 5 nitrogen and oxygen atoms in total. The third-order valence-corrected chi connectivity index (χ3v) is 2.07. The second-order valence-corrected chi connectivity index (χ2v) is 2.84. The molecule has 5 heteroatoms. The molecule has 2 rings (SSSR count). The fraction of sp³-hybridized carbons (Fsp3) is 0.429. The van der Waals surface area contributed by atoms with E-state index in [1.54, 1.807) is 6.21 Å². The lowest BCUT2D eigenvalue weighted by atomic mass is 10.1. The Bertz CT molecular complexity index is 271. The molecule has 0 aromatic heterocycles. The minimum absolute atomic E-state index is 0.308. The monoisotopic (exact) mass is 166 g/mol. The summed E-state index contributed by atoms with van der Waals surface area (Å²) in [6.45, 7) is 1.48. The van der Waals surface area contributed by atoms with Crippen molar-refractivity contribution in [2.75, 3.05) is 13.1 Å². The van der Waals surface area contributed by atoms with Crippen LogP contribution in [-0.2, 0) is 0 Å². The van der Waals surface area contributed by atoms with E-state index in [4.69, 9.17) is 5.73 Å². The standard InChI is InChI=1S/C7H10N4O/c8-7(12)11-6-1-2-9-3-5(6)4-10-11/h1-2,5,10H,3-4H2,(H2,8,12). The number of hydrogen-bond donors (Lipinski definition) is 2. The second-order valence-electron chi connectivity index (χ2n) is 2.84. The van der Waals surface area contributed by atoms with E-state index in [1.165, 1.54) is 5.01 Å². The molecule has 0 radical (unpaired) electrons. The normalized spacial score (nSPS) is 26.8. The van der Waals surface area contributed by atoms with Crippen LogP contribution in [0.25, 0.3) is 0 Å². The van der Waals surface area contributed by atoms with Crippen molar-refractivity contribution in [1.29, 1.82) is 0 Å². The molecule has 2 heterocycles. The number of allylic oxidation sites excluding steroid dienone is 1. The van der Waals surface area contributed by atoms with E-state index in [0.29, 0.717) is 5.92 Å². The summed E-state index contributed by atoms with van der Waals surface area (Å²) in [5, 5.41) is 1.38. The summed E-state index contributed by atoms with van der Waals surface area (Å²) in [5.74, 6) is 0.308. The molecule has 2 aliphatic heterocycles. The molecule has 1 fully saturated rings. The average molecular weight is 166 g/mol. The Kier molecular flexibility index (Phi) is 1.58. The SMILES string of the molecule is NC(=O)N1NCC2CN=CC=C21. The first-order valence-corrected chi connectivity index (χ1v) is 3.82. The Hall–Kier alpha value is -1.36. The van der Waals surface area contributed by atoms with Gasteiger partial charge >= 0.3 is 6.03 Å². The Labute approximate surface area is 69.9 Å². The molecule has 64 valence electrons. The molecule has 1 saturated heterocycles. The maximum atomic E-state index is 10.9. The van der Waals surface area contributed by atoms with Crippen molar-refractivity contribution in [3.05, 3.63) is 11.8 Å². The first-order chi connectivity index (χ1) is 5.79. The van der Waals surface area contributed by atoms with Gasteiger partial charge in [-0.05, 0) is 6.08 Å². The number of aliphatic imine (C=N–C) groups is 1. The Morgan fingerprint density at radius 3 is 3.42 bits per heavy atom. The predicted octanol–water partition coefficient (Wildman–Crippen LogP) is -0.530. The van der Waals surface area contributed by atoms with E-state index < -0.39 is 6.03 Å². The van der Waals surface area contributed by atoms with E-state index in [1.807, 2.05) is 6.08 Å². The summed E-state index contributed by atoms with van der Waals surface area (Å²) < 4.78 is 0. The van der Waals surface area contributed by atoms with Crippen molar-refractivity contribution in [3.8, 4) is 0 Å². The summed E-state index contributed by atoms with van der Waals surface area (Å²) in [6, 6.07) is -0.459. The second kappa shape index (κ2) is 2.60. The first-order valence-electron chi connectivity index (χ1n) is 3.82. The molecule has 0 saturated carbocycles. The van der Waals surface area contributed by atoms with Gasteiger partial charge in [-0.3, -0.25) is 4.99 Å².